The number of nitrogens with one attached hydrogen (secondary N) is 1. The van der Waals surface area contributed by atoms with Crippen molar-refractivity contribution in [2.45, 2.75) is 17.9 Å². The van der Waals surface area contributed by atoms with Crippen LogP contribution in [0.3, 0.4) is 0 Å². The Kier molecular flexibility index (Phi) is 3.49. The quantitative estimate of drug-likeness (QED) is 0.736. The highest BCUT2D eigenvalue weighted by Crippen LogP contribution is 2.39. The van der Waals surface area contributed by atoms with Gasteiger partial charge in [-0.15, -0.1) is 0 Å². The highest BCUT2D eigenvalue weighted by atomic mass is 19.3. The number of amides is 1. The number of benzene rings is 1. The molecule has 2 aromatic rings. The van der Waals surface area contributed by atoms with Crippen LogP contribution in [0.15, 0.2) is 36.7 Å². The summed E-state index contributed by atoms with van der Waals surface area (Å²) in [7, 11) is 0. The molecule has 0 bridgehead atoms. The molecule has 106 valence electrons. The number of aromatic nitrogens is 3. The van der Waals surface area contributed by atoms with Gasteiger partial charge in [0, 0.05) is 6.42 Å². The maximum Gasteiger partial charge on any atom is 0.356 e. The Morgan fingerprint density at radius 3 is 2.50 bits per heavy atom. The standard InChI is InChI=1S/C12H12F2N4O2/c13-12(14,10(15)19)11(20,6-9-16-7-17-18-9)8-4-2-1-3-5-8/h1-5,7,20H,6H2,(H2,15,19)(H,16,17,18). The van der Waals surface area contributed by atoms with E-state index in [0.29, 0.717) is 0 Å². The van der Waals surface area contributed by atoms with Crippen molar-refractivity contribution in [3.8, 4) is 0 Å². The van der Waals surface area contributed by atoms with Crippen molar-refractivity contribution in [2.75, 3.05) is 0 Å². The number of primary amides is 1. The number of nitrogens with two attached hydrogens (primary N) is 1. The van der Waals surface area contributed by atoms with Crippen LogP contribution in [-0.2, 0) is 16.8 Å². The average molecular weight is 282 g/mol. The van der Waals surface area contributed by atoms with Gasteiger partial charge in [0.2, 0.25) is 0 Å². The first kappa shape index (κ1) is 14.1. The van der Waals surface area contributed by atoms with E-state index in [0.717, 1.165) is 6.33 Å². The molecule has 1 unspecified atom stereocenters. The van der Waals surface area contributed by atoms with E-state index in [4.69, 9.17) is 5.73 Å². The fourth-order valence-corrected chi connectivity index (χ4v) is 1.87. The summed E-state index contributed by atoms with van der Waals surface area (Å²) in [6.45, 7) is 0. The highest BCUT2D eigenvalue weighted by molar-refractivity contribution is 5.83. The molecule has 0 radical (unpaired) electrons. The Balaban J connectivity index is 2.51. The first-order chi connectivity index (χ1) is 9.38. The molecule has 1 aromatic heterocycles. The minimum Gasteiger partial charge on any atom is -0.378 e. The van der Waals surface area contributed by atoms with Gasteiger partial charge in [-0.2, -0.15) is 13.9 Å². The summed E-state index contributed by atoms with van der Waals surface area (Å²) in [6, 6.07) is 7.11. The summed E-state index contributed by atoms with van der Waals surface area (Å²) in [5.41, 5.74) is 1.78. The Morgan fingerprint density at radius 1 is 1.35 bits per heavy atom. The molecule has 0 aliphatic rings. The molecule has 1 aromatic carbocycles. The molecule has 20 heavy (non-hydrogen) atoms. The molecule has 0 fully saturated rings. The summed E-state index contributed by atoms with van der Waals surface area (Å²) in [6.07, 6.45) is 0.482. The van der Waals surface area contributed by atoms with Gasteiger partial charge in [0.1, 0.15) is 12.2 Å². The van der Waals surface area contributed by atoms with Gasteiger partial charge in [0.05, 0.1) is 0 Å². The van der Waals surface area contributed by atoms with E-state index in [1.807, 2.05) is 0 Å². The van der Waals surface area contributed by atoms with Crippen LogP contribution in [0.25, 0.3) is 0 Å². The third-order valence-electron chi connectivity index (χ3n) is 2.97. The number of hydrogen-bond acceptors (Lipinski definition) is 4. The van der Waals surface area contributed by atoms with E-state index in [2.05, 4.69) is 15.2 Å². The average Bonchev–Trinajstić information content (AvgIpc) is 2.92. The molecule has 0 aliphatic carbocycles. The van der Waals surface area contributed by atoms with Crippen molar-refractivity contribution in [1.82, 2.24) is 15.2 Å². The van der Waals surface area contributed by atoms with Crippen molar-refractivity contribution in [1.29, 1.82) is 0 Å². The van der Waals surface area contributed by atoms with Crippen LogP contribution < -0.4 is 5.73 Å². The molecular weight excluding hydrogens is 270 g/mol. The Bertz CT molecular complexity index is 589. The summed E-state index contributed by atoms with van der Waals surface area (Å²) in [5.74, 6) is -6.07. The largest absolute Gasteiger partial charge is 0.378 e. The lowest BCUT2D eigenvalue weighted by Gasteiger charge is -2.33. The van der Waals surface area contributed by atoms with Gasteiger partial charge in [-0.1, -0.05) is 30.3 Å². The minimum atomic E-state index is -4.17. The molecular formula is C12H12F2N4O2. The number of nitrogens with zero attached hydrogens (tertiary/aromatic N) is 2. The molecule has 0 spiro atoms. The number of carbonyl (C=O) groups is 1. The second kappa shape index (κ2) is 4.97. The number of aromatic amines is 1. The summed E-state index contributed by atoms with van der Waals surface area (Å²) >= 11 is 0. The van der Waals surface area contributed by atoms with E-state index < -0.39 is 23.9 Å². The van der Waals surface area contributed by atoms with Gasteiger partial charge in [0.15, 0.2) is 5.60 Å². The lowest BCUT2D eigenvalue weighted by molar-refractivity contribution is -0.194. The number of aliphatic hydroxyl groups is 1. The predicted molar refractivity (Wildman–Crippen MR) is 64.6 cm³/mol. The van der Waals surface area contributed by atoms with Crippen LogP contribution in [0.2, 0.25) is 0 Å². The fraction of sp³-hybridized carbons (Fsp3) is 0.250. The van der Waals surface area contributed by atoms with Gasteiger partial charge in [-0.05, 0) is 5.56 Å². The molecule has 1 heterocycles. The van der Waals surface area contributed by atoms with Crippen LogP contribution in [0, 0.1) is 0 Å². The maximum atomic E-state index is 14.1. The van der Waals surface area contributed by atoms with E-state index in [9.17, 15) is 18.7 Å². The van der Waals surface area contributed by atoms with Gasteiger partial charge < -0.3 is 10.8 Å². The van der Waals surface area contributed by atoms with E-state index in [1.54, 1.807) is 6.07 Å². The smallest absolute Gasteiger partial charge is 0.356 e. The first-order valence-corrected chi connectivity index (χ1v) is 5.68. The van der Waals surface area contributed by atoms with Crippen LogP contribution in [-0.4, -0.2) is 32.1 Å². The lowest BCUT2D eigenvalue weighted by Crippen LogP contribution is -2.55. The Morgan fingerprint density at radius 2 is 2.00 bits per heavy atom. The number of halogens is 2. The topological polar surface area (TPSA) is 105 Å². The molecule has 2 rings (SSSR count). The highest BCUT2D eigenvalue weighted by Gasteiger charge is 2.58. The Labute approximate surface area is 112 Å². The summed E-state index contributed by atoms with van der Waals surface area (Å²) in [5, 5.41) is 16.3. The van der Waals surface area contributed by atoms with E-state index in [-0.39, 0.29) is 11.4 Å². The van der Waals surface area contributed by atoms with Crippen LogP contribution in [0.5, 0.6) is 0 Å². The molecule has 0 saturated heterocycles. The SMILES string of the molecule is NC(=O)C(F)(F)C(O)(Cc1ncn[nH]1)c1ccccc1. The van der Waals surface area contributed by atoms with E-state index >= 15 is 0 Å². The van der Waals surface area contributed by atoms with Crippen LogP contribution in [0.1, 0.15) is 11.4 Å². The van der Waals surface area contributed by atoms with Crippen molar-refractivity contribution < 1.29 is 18.7 Å². The van der Waals surface area contributed by atoms with Gasteiger partial charge in [-0.3, -0.25) is 9.89 Å². The van der Waals surface area contributed by atoms with Crippen LogP contribution in [0.4, 0.5) is 8.78 Å². The molecule has 1 atom stereocenters. The van der Waals surface area contributed by atoms with Crippen molar-refractivity contribution in [3.05, 3.63) is 48.0 Å². The van der Waals surface area contributed by atoms with Gasteiger partial charge in [-0.25, -0.2) is 4.98 Å². The minimum absolute atomic E-state index is 0.0114. The Hall–Kier alpha value is -2.35. The third-order valence-corrected chi connectivity index (χ3v) is 2.97. The second-order valence-electron chi connectivity index (χ2n) is 4.27. The number of rotatable bonds is 5. The molecule has 8 heteroatoms. The third kappa shape index (κ3) is 2.25. The van der Waals surface area contributed by atoms with Crippen molar-refractivity contribution in [2.24, 2.45) is 5.73 Å². The zero-order valence-electron chi connectivity index (χ0n) is 10.3. The number of H-pyrrole nitrogens is 1. The van der Waals surface area contributed by atoms with Crippen LogP contribution >= 0.6 is 0 Å². The number of carbonyl (C=O) groups excluding carboxylic acids is 1. The van der Waals surface area contributed by atoms with Gasteiger partial charge >= 0.3 is 5.92 Å². The van der Waals surface area contributed by atoms with Crippen molar-refractivity contribution in [3.63, 3.8) is 0 Å². The monoisotopic (exact) mass is 282 g/mol. The fourth-order valence-electron chi connectivity index (χ4n) is 1.87. The predicted octanol–water partition coefficient (Wildman–Crippen LogP) is 0.356. The van der Waals surface area contributed by atoms with E-state index in [1.165, 1.54) is 24.3 Å². The first-order valence-electron chi connectivity index (χ1n) is 5.68. The molecule has 4 N–H and O–H groups in total. The number of alkyl halides is 2. The molecule has 1 amide bonds. The number of hydrogen-bond donors (Lipinski definition) is 3. The zero-order chi connectivity index (χ0) is 14.8. The summed E-state index contributed by atoms with van der Waals surface area (Å²) in [4.78, 5) is 14.7. The second-order valence-corrected chi connectivity index (χ2v) is 4.27. The zero-order valence-corrected chi connectivity index (χ0v) is 10.3. The maximum absolute atomic E-state index is 14.1. The van der Waals surface area contributed by atoms with Gasteiger partial charge in [0.25, 0.3) is 5.91 Å². The molecule has 0 saturated carbocycles. The summed E-state index contributed by atoms with van der Waals surface area (Å²) < 4.78 is 28.2. The van der Waals surface area contributed by atoms with Crippen molar-refractivity contribution >= 4 is 5.91 Å². The lowest BCUT2D eigenvalue weighted by atomic mass is 9.83. The normalized spacial score (nSPS) is 14.8. The molecule has 0 aliphatic heterocycles. The molecule has 6 nitrogen and oxygen atoms in total.